The summed E-state index contributed by atoms with van der Waals surface area (Å²) in [6.07, 6.45) is 3.25. The van der Waals surface area contributed by atoms with E-state index in [1.165, 1.54) is 0 Å². The van der Waals surface area contributed by atoms with Gasteiger partial charge in [0.15, 0.2) is 5.82 Å². The molecule has 2 heterocycles. The third-order valence-electron chi connectivity index (χ3n) is 4.08. The minimum absolute atomic E-state index is 0.0453. The van der Waals surface area contributed by atoms with Crippen LogP contribution in [0, 0.1) is 0 Å². The molecule has 0 amide bonds. The summed E-state index contributed by atoms with van der Waals surface area (Å²) < 4.78 is 2.68. The van der Waals surface area contributed by atoms with Crippen LogP contribution in [0.3, 0.4) is 0 Å². The van der Waals surface area contributed by atoms with Gasteiger partial charge in [-0.3, -0.25) is 19.2 Å². The van der Waals surface area contributed by atoms with Gasteiger partial charge in [0.05, 0.1) is 11.7 Å². The molecule has 0 radical (unpaired) electrons. The van der Waals surface area contributed by atoms with Crippen molar-refractivity contribution < 1.29 is 4.79 Å². The van der Waals surface area contributed by atoms with Crippen LogP contribution in [0.1, 0.15) is 34.8 Å². The summed E-state index contributed by atoms with van der Waals surface area (Å²) in [7, 11) is 3.95. The number of hydrogen-bond donors (Lipinski definition) is 0. The van der Waals surface area contributed by atoms with Gasteiger partial charge in [-0.1, -0.05) is 22.0 Å². The molecule has 0 saturated carbocycles. The molecule has 1 atom stereocenters. The van der Waals surface area contributed by atoms with Gasteiger partial charge in [0.25, 0.3) is 0 Å². The van der Waals surface area contributed by atoms with E-state index in [1.54, 1.807) is 36.8 Å². The van der Waals surface area contributed by atoms with Crippen molar-refractivity contribution in [2.75, 3.05) is 14.1 Å². The van der Waals surface area contributed by atoms with Crippen molar-refractivity contribution in [2.24, 2.45) is 0 Å². The zero-order valence-electron chi connectivity index (χ0n) is 14.2. The molecule has 0 saturated heterocycles. The molecule has 0 aliphatic heterocycles. The summed E-state index contributed by atoms with van der Waals surface area (Å²) in [5, 5.41) is 8.29. The van der Waals surface area contributed by atoms with E-state index < -0.39 is 0 Å². The summed E-state index contributed by atoms with van der Waals surface area (Å²) in [6, 6.07) is 10.9. The van der Waals surface area contributed by atoms with Crippen molar-refractivity contribution >= 4 is 21.7 Å². The highest BCUT2D eigenvalue weighted by Gasteiger charge is 2.21. The van der Waals surface area contributed by atoms with Gasteiger partial charge in [0.1, 0.15) is 12.0 Å². The number of pyridine rings is 1. The van der Waals surface area contributed by atoms with Crippen molar-refractivity contribution in [3.05, 3.63) is 70.5 Å². The number of hydrogen-bond acceptors (Lipinski definition) is 5. The summed E-state index contributed by atoms with van der Waals surface area (Å²) in [5.41, 5.74) is 1.67. The van der Waals surface area contributed by atoms with Crippen LogP contribution >= 0.6 is 15.9 Å². The second-order valence-electron chi connectivity index (χ2n) is 5.90. The van der Waals surface area contributed by atoms with Crippen LogP contribution in [-0.4, -0.2) is 44.5 Å². The van der Waals surface area contributed by atoms with Crippen LogP contribution in [0.5, 0.6) is 0 Å². The fourth-order valence-corrected chi connectivity index (χ4v) is 2.84. The third-order valence-corrected chi connectivity index (χ3v) is 4.58. The molecular formula is C18H18BrN5O. The number of rotatable bonds is 5. The molecule has 3 rings (SSSR count). The van der Waals surface area contributed by atoms with Crippen molar-refractivity contribution in [2.45, 2.75) is 13.0 Å². The van der Waals surface area contributed by atoms with Gasteiger partial charge < -0.3 is 0 Å². The maximum atomic E-state index is 13.0. The van der Waals surface area contributed by atoms with Crippen LogP contribution in [-0.2, 0) is 0 Å². The molecule has 7 heteroatoms. The predicted octanol–water partition coefficient (Wildman–Crippen LogP) is 3.28. The summed E-state index contributed by atoms with van der Waals surface area (Å²) in [4.78, 5) is 19.2. The quantitative estimate of drug-likeness (QED) is 0.615. The van der Waals surface area contributed by atoms with E-state index >= 15 is 0 Å². The van der Waals surface area contributed by atoms with E-state index in [4.69, 9.17) is 0 Å². The molecular weight excluding hydrogens is 382 g/mol. The lowest BCUT2D eigenvalue weighted by Crippen LogP contribution is -2.21. The van der Waals surface area contributed by atoms with Gasteiger partial charge in [-0.2, -0.15) is 0 Å². The molecule has 1 unspecified atom stereocenters. The van der Waals surface area contributed by atoms with Crippen LogP contribution in [0.15, 0.2) is 53.4 Å². The highest BCUT2D eigenvalue weighted by atomic mass is 79.9. The minimum atomic E-state index is -0.144. The molecule has 0 fully saturated rings. The highest BCUT2D eigenvalue weighted by Crippen LogP contribution is 2.26. The second-order valence-corrected chi connectivity index (χ2v) is 6.82. The first-order valence-corrected chi connectivity index (χ1v) is 8.60. The van der Waals surface area contributed by atoms with Gasteiger partial charge in [-0.25, -0.2) is 0 Å². The molecule has 0 spiro atoms. The van der Waals surface area contributed by atoms with Crippen LogP contribution in [0.4, 0.5) is 0 Å². The number of halogens is 1. The Morgan fingerprint density at radius 1 is 1.24 bits per heavy atom. The first-order chi connectivity index (χ1) is 12.0. The van der Waals surface area contributed by atoms with E-state index in [2.05, 4.69) is 31.1 Å². The van der Waals surface area contributed by atoms with Crippen LogP contribution in [0.2, 0.25) is 0 Å². The highest BCUT2D eigenvalue weighted by molar-refractivity contribution is 9.10. The van der Waals surface area contributed by atoms with Gasteiger partial charge in [0, 0.05) is 16.2 Å². The normalized spacial score (nSPS) is 12.4. The Morgan fingerprint density at radius 2 is 2.04 bits per heavy atom. The number of ketones is 1. The van der Waals surface area contributed by atoms with Crippen LogP contribution in [0.25, 0.3) is 5.69 Å². The Balaban J connectivity index is 2.13. The topological polar surface area (TPSA) is 63.9 Å². The first kappa shape index (κ1) is 17.4. The van der Waals surface area contributed by atoms with Gasteiger partial charge in [-0.05, 0) is 51.4 Å². The van der Waals surface area contributed by atoms with E-state index in [1.807, 2.05) is 42.6 Å². The lowest BCUT2D eigenvalue weighted by Gasteiger charge is -2.20. The van der Waals surface area contributed by atoms with Crippen LogP contribution < -0.4 is 0 Å². The van der Waals surface area contributed by atoms with E-state index in [0.29, 0.717) is 11.3 Å². The maximum absolute atomic E-state index is 13.0. The van der Waals surface area contributed by atoms with Crippen molar-refractivity contribution in [3.8, 4) is 5.69 Å². The largest absolute Gasteiger partial charge is 0.300 e. The van der Waals surface area contributed by atoms with Crippen molar-refractivity contribution in [3.63, 3.8) is 0 Å². The molecule has 0 aliphatic rings. The lowest BCUT2D eigenvalue weighted by molar-refractivity contribution is 0.103. The third kappa shape index (κ3) is 3.52. The first-order valence-electron chi connectivity index (χ1n) is 7.81. The minimum Gasteiger partial charge on any atom is -0.300 e. The molecule has 0 N–H and O–H groups in total. The summed E-state index contributed by atoms with van der Waals surface area (Å²) in [5.74, 6) is 0.622. The number of carbonyl (C=O) groups excluding carboxylic acids is 1. The zero-order valence-corrected chi connectivity index (χ0v) is 15.8. The Labute approximate surface area is 154 Å². The smallest absolute Gasteiger partial charge is 0.213 e. The number of nitrogens with zero attached hydrogens (tertiary/aromatic N) is 5. The maximum Gasteiger partial charge on any atom is 0.213 e. The monoisotopic (exact) mass is 399 g/mol. The molecule has 25 heavy (non-hydrogen) atoms. The van der Waals surface area contributed by atoms with Gasteiger partial charge >= 0.3 is 0 Å². The van der Waals surface area contributed by atoms with Crippen molar-refractivity contribution in [1.29, 1.82) is 0 Å². The number of carbonyl (C=O) groups is 1. The number of benzene rings is 1. The Kier molecular flexibility index (Phi) is 5.06. The average Bonchev–Trinajstić information content (AvgIpc) is 3.10. The molecule has 3 aromatic rings. The van der Waals surface area contributed by atoms with Crippen molar-refractivity contribution in [1.82, 2.24) is 24.6 Å². The molecule has 0 aliphatic carbocycles. The zero-order chi connectivity index (χ0) is 18.0. The molecule has 0 bridgehead atoms. The fourth-order valence-electron chi connectivity index (χ4n) is 2.48. The molecule has 2 aromatic heterocycles. The predicted molar refractivity (Wildman–Crippen MR) is 98.8 cm³/mol. The fraction of sp³-hybridized carbons (Fsp3) is 0.222. The lowest BCUT2D eigenvalue weighted by atomic mass is 10.0. The standard InChI is InChI=1S/C18H18BrN5O/c1-12(23(2)3)18-22-21-11-24(18)16-8-7-13(19)10-14(16)17(25)15-6-4-5-9-20-15/h4-12H,1-3H3. The summed E-state index contributed by atoms with van der Waals surface area (Å²) >= 11 is 3.45. The molecule has 128 valence electrons. The Morgan fingerprint density at radius 3 is 2.72 bits per heavy atom. The van der Waals surface area contributed by atoms with E-state index in [-0.39, 0.29) is 11.8 Å². The molecule has 6 nitrogen and oxygen atoms in total. The number of aromatic nitrogens is 4. The Bertz CT molecular complexity index is 891. The molecule has 1 aromatic carbocycles. The second kappa shape index (κ2) is 7.25. The summed E-state index contributed by atoms with van der Waals surface area (Å²) in [6.45, 7) is 2.04. The average molecular weight is 400 g/mol. The van der Waals surface area contributed by atoms with E-state index in [9.17, 15) is 4.79 Å². The van der Waals surface area contributed by atoms with Gasteiger partial charge in [-0.15, -0.1) is 10.2 Å². The SMILES string of the molecule is CC(c1nncn1-c1ccc(Br)cc1C(=O)c1ccccn1)N(C)C. The Hall–Kier alpha value is -2.38. The van der Waals surface area contributed by atoms with Gasteiger partial charge in [0.2, 0.25) is 5.78 Å². The van der Waals surface area contributed by atoms with E-state index in [0.717, 1.165) is 16.0 Å².